The van der Waals surface area contributed by atoms with Crippen molar-refractivity contribution >= 4 is 11.9 Å². The molecular formula is C12H15F3N4O2. The second-order valence-corrected chi connectivity index (χ2v) is 5.00. The molecule has 1 aromatic heterocycles. The van der Waals surface area contributed by atoms with Crippen LogP contribution >= 0.6 is 0 Å². The van der Waals surface area contributed by atoms with E-state index in [0.29, 0.717) is 18.7 Å². The van der Waals surface area contributed by atoms with E-state index >= 15 is 0 Å². The van der Waals surface area contributed by atoms with Gasteiger partial charge in [-0.15, -0.1) is 0 Å². The number of amides is 1. The number of carbonyl (C=O) groups excluding carboxylic acids is 1. The SMILES string of the molecule is Nc1nc(C2CCN(C(=O)CCC(F)(F)F)C2)cc(=O)[nH]1. The van der Waals surface area contributed by atoms with Gasteiger partial charge in [-0.05, 0) is 6.42 Å². The van der Waals surface area contributed by atoms with Gasteiger partial charge in [0.05, 0.1) is 12.1 Å². The number of anilines is 1. The Kier molecular flexibility index (Phi) is 4.19. The molecule has 1 aliphatic rings. The van der Waals surface area contributed by atoms with Crippen LogP contribution in [0, 0.1) is 0 Å². The Labute approximate surface area is 118 Å². The zero-order chi connectivity index (χ0) is 15.6. The summed E-state index contributed by atoms with van der Waals surface area (Å²) in [4.78, 5) is 30.7. The number of nitrogen functional groups attached to an aromatic ring is 1. The van der Waals surface area contributed by atoms with Gasteiger partial charge in [-0.1, -0.05) is 0 Å². The third-order valence-corrected chi connectivity index (χ3v) is 3.36. The van der Waals surface area contributed by atoms with E-state index in [1.807, 2.05) is 0 Å². The van der Waals surface area contributed by atoms with Crippen molar-refractivity contribution in [1.82, 2.24) is 14.9 Å². The molecule has 21 heavy (non-hydrogen) atoms. The number of hydrogen-bond acceptors (Lipinski definition) is 4. The first kappa shape index (κ1) is 15.3. The highest BCUT2D eigenvalue weighted by molar-refractivity contribution is 5.76. The molecule has 2 heterocycles. The summed E-state index contributed by atoms with van der Waals surface area (Å²) in [5, 5.41) is 0. The minimum atomic E-state index is -4.34. The van der Waals surface area contributed by atoms with Gasteiger partial charge in [0.2, 0.25) is 11.9 Å². The summed E-state index contributed by atoms with van der Waals surface area (Å²) in [6, 6.07) is 1.30. The Morgan fingerprint density at radius 1 is 1.52 bits per heavy atom. The van der Waals surface area contributed by atoms with Crippen LogP contribution < -0.4 is 11.3 Å². The number of nitrogens with two attached hydrogens (primary N) is 1. The largest absolute Gasteiger partial charge is 0.389 e. The van der Waals surface area contributed by atoms with Gasteiger partial charge >= 0.3 is 6.18 Å². The smallest absolute Gasteiger partial charge is 0.369 e. The van der Waals surface area contributed by atoms with E-state index in [9.17, 15) is 22.8 Å². The normalized spacial score (nSPS) is 19.0. The van der Waals surface area contributed by atoms with Gasteiger partial charge < -0.3 is 10.6 Å². The van der Waals surface area contributed by atoms with E-state index in [4.69, 9.17) is 5.73 Å². The number of nitrogens with zero attached hydrogens (tertiary/aromatic N) is 2. The Morgan fingerprint density at radius 2 is 2.24 bits per heavy atom. The Morgan fingerprint density at radius 3 is 2.86 bits per heavy atom. The van der Waals surface area contributed by atoms with Crippen LogP contribution in [-0.2, 0) is 4.79 Å². The molecule has 116 valence electrons. The molecule has 1 unspecified atom stereocenters. The van der Waals surface area contributed by atoms with E-state index in [-0.39, 0.29) is 24.0 Å². The average molecular weight is 304 g/mol. The molecule has 0 bridgehead atoms. The van der Waals surface area contributed by atoms with Crippen LogP contribution in [0.15, 0.2) is 10.9 Å². The monoisotopic (exact) mass is 304 g/mol. The van der Waals surface area contributed by atoms with Crippen LogP contribution in [0.2, 0.25) is 0 Å². The van der Waals surface area contributed by atoms with Crippen molar-refractivity contribution in [1.29, 1.82) is 0 Å². The third-order valence-electron chi connectivity index (χ3n) is 3.36. The molecule has 1 saturated heterocycles. The van der Waals surface area contributed by atoms with Crippen molar-refractivity contribution in [3.63, 3.8) is 0 Å². The molecule has 0 aromatic carbocycles. The summed E-state index contributed by atoms with van der Waals surface area (Å²) in [5.74, 6) is -0.726. The highest BCUT2D eigenvalue weighted by Gasteiger charge is 2.32. The van der Waals surface area contributed by atoms with Gasteiger partial charge in [0, 0.05) is 31.5 Å². The number of halogens is 3. The summed E-state index contributed by atoms with van der Waals surface area (Å²) in [6.07, 6.45) is -5.46. The molecular weight excluding hydrogens is 289 g/mol. The quantitative estimate of drug-likeness (QED) is 0.871. The fourth-order valence-electron chi connectivity index (χ4n) is 2.34. The predicted octanol–water partition coefficient (Wildman–Crippen LogP) is 1.01. The first-order chi connectivity index (χ1) is 9.74. The van der Waals surface area contributed by atoms with E-state index in [1.54, 1.807) is 0 Å². The van der Waals surface area contributed by atoms with Gasteiger partial charge in [-0.25, -0.2) is 4.98 Å². The topological polar surface area (TPSA) is 92.1 Å². The fraction of sp³-hybridized carbons (Fsp3) is 0.583. The van der Waals surface area contributed by atoms with Crippen LogP contribution in [0.3, 0.4) is 0 Å². The molecule has 0 spiro atoms. The number of H-pyrrole nitrogens is 1. The molecule has 9 heteroatoms. The molecule has 2 rings (SSSR count). The van der Waals surface area contributed by atoms with Crippen LogP contribution in [0.5, 0.6) is 0 Å². The van der Waals surface area contributed by atoms with Gasteiger partial charge in [0.25, 0.3) is 5.56 Å². The molecule has 1 fully saturated rings. The minimum Gasteiger partial charge on any atom is -0.369 e. The second kappa shape index (κ2) is 5.74. The van der Waals surface area contributed by atoms with Gasteiger partial charge in [-0.3, -0.25) is 14.6 Å². The van der Waals surface area contributed by atoms with Gasteiger partial charge in [-0.2, -0.15) is 13.2 Å². The second-order valence-electron chi connectivity index (χ2n) is 5.00. The van der Waals surface area contributed by atoms with Crippen LogP contribution in [-0.4, -0.2) is 40.0 Å². The molecule has 1 amide bonds. The van der Waals surface area contributed by atoms with Gasteiger partial charge in [0.1, 0.15) is 0 Å². The zero-order valence-corrected chi connectivity index (χ0v) is 11.1. The third kappa shape index (κ3) is 4.20. The van der Waals surface area contributed by atoms with E-state index in [2.05, 4.69) is 9.97 Å². The van der Waals surface area contributed by atoms with Crippen LogP contribution in [0.4, 0.5) is 19.1 Å². The number of carbonyl (C=O) groups is 1. The summed E-state index contributed by atoms with van der Waals surface area (Å²) in [5.41, 5.74) is 5.52. The van der Waals surface area contributed by atoms with Crippen molar-refractivity contribution in [2.45, 2.75) is 31.4 Å². The maximum Gasteiger partial charge on any atom is 0.389 e. The summed E-state index contributed by atoms with van der Waals surface area (Å²) in [7, 11) is 0. The first-order valence-corrected chi connectivity index (χ1v) is 6.46. The van der Waals surface area contributed by atoms with Crippen molar-refractivity contribution in [2.75, 3.05) is 18.8 Å². The standard InChI is InChI=1S/C12H15F3N4O2/c13-12(14,15)3-1-10(21)19-4-2-7(6-19)8-5-9(20)18-11(16)17-8/h5,7H,1-4,6H2,(H3,16,17,18,20). The molecule has 1 aliphatic heterocycles. The van der Waals surface area contributed by atoms with Gasteiger partial charge in [0.15, 0.2) is 0 Å². The zero-order valence-electron chi connectivity index (χ0n) is 11.1. The van der Waals surface area contributed by atoms with Crippen LogP contribution in [0.1, 0.15) is 30.9 Å². The Hall–Kier alpha value is -2.06. The number of aromatic nitrogens is 2. The molecule has 1 atom stereocenters. The Bertz CT molecular complexity index is 585. The molecule has 0 saturated carbocycles. The number of hydrogen-bond donors (Lipinski definition) is 2. The van der Waals surface area contributed by atoms with E-state index < -0.39 is 24.9 Å². The molecule has 0 radical (unpaired) electrons. The van der Waals surface area contributed by atoms with Crippen molar-refractivity contribution < 1.29 is 18.0 Å². The lowest BCUT2D eigenvalue weighted by atomic mass is 10.1. The maximum atomic E-state index is 12.1. The van der Waals surface area contributed by atoms with Crippen LogP contribution in [0.25, 0.3) is 0 Å². The van der Waals surface area contributed by atoms with E-state index in [1.165, 1.54) is 11.0 Å². The summed E-state index contributed by atoms with van der Waals surface area (Å²) >= 11 is 0. The molecule has 6 nitrogen and oxygen atoms in total. The van der Waals surface area contributed by atoms with E-state index in [0.717, 1.165) is 0 Å². The van der Waals surface area contributed by atoms with Crippen molar-refractivity contribution in [3.05, 3.63) is 22.1 Å². The number of alkyl halides is 3. The highest BCUT2D eigenvalue weighted by atomic mass is 19.4. The number of likely N-dealkylation sites (tertiary alicyclic amines) is 1. The lowest BCUT2D eigenvalue weighted by Crippen LogP contribution is -2.29. The van der Waals surface area contributed by atoms with Crippen molar-refractivity contribution in [2.24, 2.45) is 0 Å². The lowest BCUT2D eigenvalue weighted by Gasteiger charge is -2.17. The number of rotatable bonds is 3. The summed E-state index contributed by atoms with van der Waals surface area (Å²) < 4.78 is 36.3. The molecule has 0 aliphatic carbocycles. The predicted molar refractivity (Wildman–Crippen MR) is 68.5 cm³/mol. The molecule has 3 N–H and O–H groups in total. The lowest BCUT2D eigenvalue weighted by molar-refractivity contribution is -0.148. The van der Waals surface area contributed by atoms with Crippen molar-refractivity contribution in [3.8, 4) is 0 Å². The molecule has 1 aromatic rings. The highest BCUT2D eigenvalue weighted by Crippen LogP contribution is 2.27. The maximum absolute atomic E-state index is 12.1. The first-order valence-electron chi connectivity index (χ1n) is 6.46. The average Bonchev–Trinajstić information content (AvgIpc) is 2.83. The Balaban J connectivity index is 1.97. The summed E-state index contributed by atoms with van der Waals surface area (Å²) in [6.45, 7) is 0.613. The fourth-order valence-corrected chi connectivity index (χ4v) is 2.34. The minimum absolute atomic E-state index is 0.0145. The number of aromatic amines is 1. The number of nitrogens with one attached hydrogen (secondary N) is 1.